The van der Waals surface area contributed by atoms with Crippen molar-refractivity contribution >= 4 is 38.4 Å². The Kier molecular flexibility index (Phi) is 12.5. The first-order valence-corrected chi connectivity index (χ1v) is 19.4. The van der Waals surface area contributed by atoms with Crippen LogP contribution in [0.5, 0.6) is 0 Å². The van der Waals surface area contributed by atoms with Gasteiger partial charge in [-0.05, 0) is 74.8 Å². The highest BCUT2D eigenvalue weighted by Crippen LogP contribution is 2.39. The number of aromatic amines is 1. The molecule has 58 heavy (non-hydrogen) atoms. The fourth-order valence-corrected chi connectivity index (χ4v) is 7.09. The van der Waals surface area contributed by atoms with E-state index in [0.717, 1.165) is 17.7 Å². The molecule has 0 amide bonds. The first-order chi connectivity index (χ1) is 28.5. The van der Waals surface area contributed by atoms with Crippen molar-refractivity contribution in [1.82, 2.24) is 4.98 Å². The number of hydrazone groups is 1. The molecule has 0 spiro atoms. The van der Waals surface area contributed by atoms with Gasteiger partial charge in [-0.25, -0.2) is 0 Å². The van der Waals surface area contributed by atoms with Crippen LogP contribution in [0.15, 0.2) is 223 Å². The van der Waals surface area contributed by atoms with Crippen LogP contribution in [-0.2, 0) is 6.42 Å². The largest absolute Gasteiger partial charge is 0.402 e. The highest BCUT2D eigenvalue weighted by atomic mass is 15.1. The van der Waals surface area contributed by atoms with Gasteiger partial charge in [0.05, 0.1) is 0 Å². The maximum absolute atomic E-state index is 5.95. The van der Waals surface area contributed by atoms with E-state index in [1.54, 1.807) is 0 Å². The molecule has 284 valence electrons. The van der Waals surface area contributed by atoms with Crippen LogP contribution in [0.25, 0.3) is 66.0 Å². The van der Waals surface area contributed by atoms with Crippen LogP contribution in [0.3, 0.4) is 0 Å². The average Bonchev–Trinajstić information content (AvgIpc) is 3.68. The standard InChI is InChI=1S/C28H19N.C18H19N.C7H9N3/c1-3-9-19(10-4-1)21-15-16-24-26(17-21)29-27-18-25(20-11-5-2-6-12-20)22-13-7-8-14-23(22)28(24)27;1-2-3-9-18(19)14-15-10-12-17(13-11-15)16-7-5-4-6-8-16;8-7(10-9)6-4-2-1-3-5-6/h1-18,29H;2-13H,14,19H2,1H3;1-5H,9H2,(H2,8,10)/b;3-2-,18-9-;. The van der Waals surface area contributed by atoms with Crippen molar-refractivity contribution in [3.8, 4) is 33.4 Å². The van der Waals surface area contributed by atoms with Crippen LogP contribution in [-0.4, -0.2) is 10.8 Å². The number of fused-ring (bicyclic) bond motifs is 5. The lowest BCUT2D eigenvalue weighted by Crippen LogP contribution is -2.14. The number of nitrogens with zero attached hydrogens (tertiary/aromatic N) is 1. The zero-order valence-corrected chi connectivity index (χ0v) is 32.6. The average molecular weight is 754 g/mol. The molecule has 9 rings (SSSR count). The number of benzene rings is 8. The fraction of sp³-hybridized carbons (Fsp3) is 0.0377. The van der Waals surface area contributed by atoms with Gasteiger partial charge in [-0.15, -0.1) is 0 Å². The van der Waals surface area contributed by atoms with Crippen molar-refractivity contribution < 1.29 is 0 Å². The molecule has 8 aromatic carbocycles. The smallest absolute Gasteiger partial charge is 0.150 e. The van der Waals surface area contributed by atoms with Crippen LogP contribution in [0.2, 0.25) is 0 Å². The predicted molar refractivity (Wildman–Crippen MR) is 248 cm³/mol. The Morgan fingerprint density at radius 3 is 1.64 bits per heavy atom. The molecule has 0 saturated heterocycles. The Labute approximate surface area is 340 Å². The summed E-state index contributed by atoms with van der Waals surface area (Å²) in [6.07, 6.45) is 6.68. The number of nitrogens with one attached hydrogen (secondary N) is 1. The second-order valence-corrected chi connectivity index (χ2v) is 13.9. The third-order valence-corrected chi connectivity index (χ3v) is 9.98. The molecule has 0 fully saturated rings. The number of hydrogen-bond acceptors (Lipinski definition) is 3. The number of aromatic nitrogens is 1. The van der Waals surface area contributed by atoms with Gasteiger partial charge in [-0.1, -0.05) is 194 Å². The zero-order chi connectivity index (χ0) is 40.1. The summed E-state index contributed by atoms with van der Waals surface area (Å²) in [5.41, 5.74) is 24.2. The highest BCUT2D eigenvalue weighted by Gasteiger charge is 2.13. The van der Waals surface area contributed by atoms with Crippen LogP contribution in [0.1, 0.15) is 18.1 Å². The molecule has 1 heterocycles. The SMILES string of the molecule is C/C=C\C=C(/N)Cc1ccc(-c2ccccc2)cc1.N/N=C(\N)c1ccccc1.c1ccc(-c2ccc3c(c2)[nH]c2cc(-c4ccccc4)c4ccccc4c23)cc1. The Morgan fingerprint density at radius 1 is 0.517 bits per heavy atom. The van der Waals surface area contributed by atoms with Gasteiger partial charge >= 0.3 is 0 Å². The van der Waals surface area contributed by atoms with Gasteiger partial charge in [0.2, 0.25) is 0 Å². The van der Waals surface area contributed by atoms with E-state index in [9.17, 15) is 0 Å². The highest BCUT2D eigenvalue weighted by molar-refractivity contribution is 6.23. The van der Waals surface area contributed by atoms with Gasteiger partial charge in [0, 0.05) is 39.5 Å². The predicted octanol–water partition coefficient (Wildman–Crippen LogP) is 12.4. The Morgan fingerprint density at radius 2 is 1.03 bits per heavy atom. The summed E-state index contributed by atoms with van der Waals surface area (Å²) in [6, 6.07) is 67.3. The second-order valence-electron chi connectivity index (χ2n) is 13.9. The van der Waals surface area contributed by atoms with Gasteiger partial charge in [0.1, 0.15) is 5.84 Å². The topological polar surface area (TPSA) is 106 Å². The van der Waals surface area contributed by atoms with Crippen LogP contribution >= 0.6 is 0 Å². The lowest BCUT2D eigenvalue weighted by molar-refractivity contribution is 1.11. The summed E-state index contributed by atoms with van der Waals surface area (Å²) >= 11 is 0. The van der Waals surface area contributed by atoms with E-state index >= 15 is 0 Å². The maximum atomic E-state index is 5.95. The quantitative estimate of drug-likeness (QED) is 0.0428. The molecular weight excluding hydrogens is 707 g/mol. The summed E-state index contributed by atoms with van der Waals surface area (Å²) in [4.78, 5) is 3.69. The summed E-state index contributed by atoms with van der Waals surface area (Å²) in [7, 11) is 0. The molecule has 0 aliphatic heterocycles. The van der Waals surface area contributed by atoms with E-state index in [-0.39, 0.29) is 0 Å². The third-order valence-electron chi connectivity index (χ3n) is 9.98. The fourth-order valence-electron chi connectivity index (χ4n) is 7.09. The van der Waals surface area contributed by atoms with Crippen molar-refractivity contribution in [2.24, 2.45) is 22.4 Å². The molecule has 0 bridgehead atoms. The van der Waals surface area contributed by atoms with Gasteiger partial charge in [0.25, 0.3) is 0 Å². The number of H-pyrrole nitrogens is 1. The molecule has 5 heteroatoms. The number of hydrogen-bond donors (Lipinski definition) is 4. The minimum Gasteiger partial charge on any atom is -0.402 e. The van der Waals surface area contributed by atoms with E-state index in [2.05, 4.69) is 168 Å². The summed E-state index contributed by atoms with van der Waals surface area (Å²) < 4.78 is 0. The summed E-state index contributed by atoms with van der Waals surface area (Å²) in [5.74, 6) is 5.33. The van der Waals surface area contributed by atoms with Crippen LogP contribution in [0.4, 0.5) is 0 Å². The maximum Gasteiger partial charge on any atom is 0.150 e. The second kappa shape index (κ2) is 18.8. The minimum atomic E-state index is 0.362. The van der Waals surface area contributed by atoms with Crippen molar-refractivity contribution in [2.75, 3.05) is 0 Å². The molecule has 0 unspecified atom stereocenters. The van der Waals surface area contributed by atoms with Crippen LogP contribution < -0.4 is 17.3 Å². The van der Waals surface area contributed by atoms with E-state index < -0.39 is 0 Å². The minimum absolute atomic E-state index is 0.362. The summed E-state index contributed by atoms with van der Waals surface area (Å²) in [5, 5.41) is 8.51. The molecule has 1 aromatic heterocycles. The van der Waals surface area contributed by atoms with Crippen molar-refractivity contribution in [3.63, 3.8) is 0 Å². The normalized spacial score (nSPS) is 11.6. The molecule has 7 N–H and O–H groups in total. The molecule has 0 saturated carbocycles. The molecule has 9 aromatic rings. The number of allylic oxidation sites excluding steroid dienone is 4. The van der Waals surface area contributed by atoms with Gasteiger partial charge in [-0.3, -0.25) is 0 Å². The molecule has 0 aliphatic rings. The lowest BCUT2D eigenvalue weighted by atomic mass is 9.94. The molecular formula is C53H47N5. The van der Waals surface area contributed by atoms with E-state index in [1.165, 1.54) is 71.5 Å². The van der Waals surface area contributed by atoms with E-state index in [1.807, 2.05) is 61.5 Å². The molecule has 0 atom stereocenters. The Balaban J connectivity index is 0.000000151. The molecule has 0 aliphatic carbocycles. The van der Waals surface area contributed by atoms with E-state index in [0.29, 0.717) is 5.84 Å². The molecule has 0 radical (unpaired) electrons. The van der Waals surface area contributed by atoms with Gasteiger partial charge in [-0.2, -0.15) is 5.10 Å². The Hall–Kier alpha value is -7.63. The van der Waals surface area contributed by atoms with Crippen LogP contribution in [0, 0.1) is 0 Å². The lowest BCUT2D eigenvalue weighted by Gasteiger charge is -2.09. The Bertz CT molecular complexity index is 2800. The van der Waals surface area contributed by atoms with Crippen molar-refractivity contribution in [1.29, 1.82) is 0 Å². The number of amidine groups is 1. The van der Waals surface area contributed by atoms with E-state index in [4.69, 9.17) is 17.3 Å². The monoisotopic (exact) mass is 753 g/mol. The number of nitrogens with two attached hydrogens (primary N) is 3. The summed E-state index contributed by atoms with van der Waals surface area (Å²) in [6.45, 7) is 1.98. The third kappa shape index (κ3) is 9.24. The first-order valence-electron chi connectivity index (χ1n) is 19.4. The van der Waals surface area contributed by atoms with Gasteiger partial charge in [0.15, 0.2) is 0 Å². The first kappa shape index (κ1) is 38.6. The van der Waals surface area contributed by atoms with Gasteiger partial charge < -0.3 is 22.3 Å². The zero-order valence-electron chi connectivity index (χ0n) is 32.6. The number of rotatable bonds is 7. The molecule has 5 nitrogen and oxygen atoms in total. The van der Waals surface area contributed by atoms with Crippen molar-refractivity contribution in [3.05, 3.63) is 229 Å². The van der Waals surface area contributed by atoms with Crippen molar-refractivity contribution in [2.45, 2.75) is 13.3 Å².